The van der Waals surface area contributed by atoms with Crippen molar-refractivity contribution in [2.24, 2.45) is 0 Å². The zero-order valence-electron chi connectivity index (χ0n) is 16.5. The number of para-hydroxylation sites is 1. The van der Waals surface area contributed by atoms with Crippen LogP contribution in [0.5, 0.6) is 5.75 Å². The van der Waals surface area contributed by atoms with Gasteiger partial charge in [-0.15, -0.1) is 0 Å². The van der Waals surface area contributed by atoms with Crippen LogP contribution in [0.15, 0.2) is 48.5 Å². The van der Waals surface area contributed by atoms with Gasteiger partial charge in [0.05, 0.1) is 19.2 Å². The minimum absolute atomic E-state index is 0.00443. The highest BCUT2D eigenvalue weighted by molar-refractivity contribution is 5.78. The zero-order chi connectivity index (χ0) is 20.2. The zero-order valence-corrected chi connectivity index (χ0v) is 16.5. The molecule has 6 heteroatoms. The molecule has 0 bridgehead atoms. The van der Waals surface area contributed by atoms with Crippen molar-refractivity contribution in [2.45, 2.75) is 38.0 Å². The molecule has 2 aliphatic heterocycles. The fraction of sp³-hybridized carbons (Fsp3) is 0.435. The van der Waals surface area contributed by atoms with E-state index in [4.69, 9.17) is 4.74 Å². The lowest BCUT2D eigenvalue weighted by molar-refractivity contribution is -0.137. The summed E-state index contributed by atoms with van der Waals surface area (Å²) in [6.07, 6.45) is 2.34. The van der Waals surface area contributed by atoms with Crippen molar-refractivity contribution in [3.8, 4) is 5.75 Å². The molecule has 0 spiro atoms. The van der Waals surface area contributed by atoms with Gasteiger partial charge in [-0.3, -0.25) is 9.69 Å². The van der Waals surface area contributed by atoms with Crippen molar-refractivity contribution < 1.29 is 19.0 Å². The van der Waals surface area contributed by atoms with Gasteiger partial charge in [-0.1, -0.05) is 36.4 Å². The van der Waals surface area contributed by atoms with Gasteiger partial charge in [0.25, 0.3) is 0 Å². The maximum atomic E-state index is 14.5. The molecule has 1 amide bonds. The number of rotatable bonds is 4. The van der Waals surface area contributed by atoms with Gasteiger partial charge in [-0.2, -0.15) is 0 Å². The Hall–Kier alpha value is -2.44. The van der Waals surface area contributed by atoms with E-state index in [-0.39, 0.29) is 30.9 Å². The Morgan fingerprint density at radius 3 is 2.76 bits per heavy atom. The van der Waals surface area contributed by atoms with Crippen LogP contribution < -0.4 is 4.74 Å². The SMILES string of the molecule is O=C(CN1Cc2ccccc2O[C@H](c2ccccc2F)C1)N1CCCC[C@H]1CO. The number of carbonyl (C=O) groups excluding carboxylic acids is 1. The molecule has 0 aromatic heterocycles. The third kappa shape index (κ3) is 4.43. The van der Waals surface area contributed by atoms with Crippen LogP contribution in [-0.2, 0) is 11.3 Å². The largest absolute Gasteiger partial charge is 0.484 e. The fourth-order valence-corrected chi connectivity index (χ4v) is 4.30. The number of carbonyl (C=O) groups is 1. The van der Waals surface area contributed by atoms with Crippen molar-refractivity contribution in [3.05, 3.63) is 65.5 Å². The number of hydrogen-bond donors (Lipinski definition) is 1. The number of halogens is 1. The number of likely N-dealkylation sites (tertiary alicyclic amines) is 1. The van der Waals surface area contributed by atoms with Gasteiger partial charge in [-0.25, -0.2) is 4.39 Å². The van der Waals surface area contributed by atoms with E-state index in [9.17, 15) is 14.3 Å². The Kier molecular flexibility index (Phi) is 6.11. The van der Waals surface area contributed by atoms with E-state index in [1.54, 1.807) is 23.1 Å². The van der Waals surface area contributed by atoms with Crippen LogP contribution in [0.1, 0.15) is 36.5 Å². The maximum Gasteiger partial charge on any atom is 0.237 e. The van der Waals surface area contributed by atoms with Gasteiger partial charge >= 0.3 is 0 Å². The molecule has 0 radical (unpaired) electrons. The van der Waals surface area contributed by atoms with E-state index in [0.29, 0.717) is 25.2 Å². The van der Waals surface area contributed by atoms with Crippen LogP contribution in [0.2, 0.25) is 0 Å². The summed E-state index contributed by atoms with van der Waals surface area (Å²) >= 11 is 0. The number of fused-ring (bicyclic) bond motifs is 1. The van der Waals surface area contributed by atoms with Crippen LogP contribution >= 0.6 is 0 Å². The van der Waals surface area contributed by atoms with Crippen molar-refractivity contribution in [3.63, 3.8) is 0 Å². The van der Waals surface area contributed by atoms with E-state index in [0.717, 1.165) is 30.6 Å². The maximum absolute atomic E-state index is 14.5. The van der Waals surface area contributed by atoms with Crippen LogP contribution in [-0.4, -0.2) is 53.1 Å². The highest BCUT2D eigenvalue weighted by Crippen LogP contribution is 2.32. The molecule has 1 N–H and O–H groups in total. The van der Waals surface area contributed by atoms with Gasteiger partial charge in [0, 0.05) is 30.8 Å². The van der Waals surface area contributed by atoms with E-state index < -0.39 is 6.10 Å². The summed E-state index contributed by atoms with van der Waals surface area (Å²) in [6.45, 7) is 1.87. The third-order valence-corrected chi connectivity index (χ3v) is 5.83. The van der Waals surface area contributed by atoms with Gasteiger partial charge in [0.2, 0.25) is 5.91 Å². The first kappa shape index (κ1) is 19.9. The van der Waals surface area contributed by atoms with Crippen LogP contribution in [0.3, 0.4) is 0 Å². The fourth-order valence-electron chi connectivity index (χ4n) is 4.30. The number of hydrogen-bond acceptors (Lipinski definition) is 4. The average Bonchev–Trinajstić information content (AvgIpc) is 2.92. The molecule has 5 nitrogen and oxygen atoms in total. The molecule has 29 heavy (non-hydrogen) atoms. The van der Waals surface area contributed by atoms with Crippen molar-refractivity contribution in [2.75, 3.05) is 26.2 Å². The molecule has 2 atom stereocenters. The number of ether oxygens (including phenoxy) is 1. The van der Waals surface area contributed by atoms with Gasteiger partial charge in [0.15, 0.2) is 0 Å². The highest BCUT2D eigenvalue weighted by Gasteiger charge is 2.31. The number of amides is 1. The van der Waals surface area contributed by atoms with E-state index in [1.165, 1.54) is 6.07 Å². The lowest BCUT2D eigenvalue weighted by Gasteiger charge is -2.36. The predicted octanol–water partition coefficient (Wildman–Crippen LogP) is 3.13. The summed E-state index contributed by atoms with van der Waals surface area (Å²) in [5.74, 6) is 0.428. The van der Waals surface area contributed by atoms with Crippen LogP contribution in [0.25, 0.3) is 0 Å². The number of benzene rings is 2. The average molecular weight is 398 g/mol. The minimum atomic E-state index is -0.498. The molecule has 154 valence electrons. The number of nitrogens with zero attached hydrogens (tertiary/aromatic N) is 2. The summed E-state index contributed by atoms with van der Waals surface area (Å²) in [4.78, 5) is 16.9. The Bertz CT molecular complexity index is 860. The normalized spacial score (nSPS) is 22.5. The third-order valence-electron chi connectivity index (χ3n) is 5.83. The predicted molar refractivity (Wildman–Crippen MR) is 108 cm³/mol. The monoisotopic (exact) mass is 398 g/mol. The molecule has 2 aliphatic rings. The first-order chi connectivity index (χ1) is 14.2. The number of piperidine rings is 1. The van der Waals surface area contributed by atoms with E-state index in [2.05, 4.69) is 0 Å². The molecular formula is C23H27FN2O3. The smallest absolute Gasteiger partial charge is 0.237 e. The standard InChI is InChI=1S/C23H27FN2O3/c24-20-10-3-2-9-19(20)22-14-25(13-17-7-1-4-11-21(17)29-22)15-23(28)26-12-6-5-8-18(26)16-27/h1-4,7,9-11,18,22,27H,5-6,8,12-16H2/t18-,22-/m0/s1. The second-order valence-electron chi connectivity index (χ2n) is 7.82. The molecule has 0 aliphatic carbocycles. The molecule has 2 heterocycles. The molecule has 0 saturated carbocycles. The molecular weight excluding hydrogens is 371 g/mol. The van der Waals surface area contributed by atoms with Gasteiger partial charge in [0.1, 0.15) is 17.7 Å². The molecule has 0 unspecified atom stereocenters. The highest BCUT2D eigenvalue weighted by atomic mass is 19.1. The minimum Gasteiger partial charge on any atom is -0.484 e. The summed E-state index contributed by atoms with van der Waals surface area (Å²) < 4.78 is 20.6. The van der Waals surface area contributed by atoms with E-state index >= 15 is 0 Å². The van der Waals surface area contributed by atoms with Crippen LogP contribution in [0, 0.1) is 5.82 Å². The first-order valence-corrected chi connectivity index (χ1v) is 10.3. The molecule has 2 aromatic rings. The summed E-state index contributed by atoms with van der Waals surface area (Å²) in [7, 11) is 0. The van der Waals surface area contributed by atoms with E-state index in [1.807, 2.05) is 29.2 Å². The molecule has 2 aromatic carbocycles. The molecule has 1 saturated heterocycles. The summed E-state index contributed by atoms with van der Waals surface area (Å²) in [6, 6.07) is 14.2. The molecule has 4 rings (SSSR count). The van der Waals surface area contributed by atoms with Gasteiger partial charge in [-0.05, 0) is 31.4 Å². The summed E-state index contributed by atoms with van der Waals surface area (Å²) in [5.41, 5.74) is 1.48. The number of aliphatic hydroxyl groups is 1. The van der Waals surface area contributed by atoms with Crippen molar-refractivity contribution in [1.82, 2.24) is 9.80 Å². The van der Waals surface area contributed by atoms with Crippen molar-refractivity contribution in [1.29, 1.82) is 0 Å². The topological polar surface area (TPSA) is 53.0 Å². The Balaban J connectivity index is 1.57. The lowest BCUT2D eigenvalue weighted by atomic mass is 10.0. The summed E-state index contributed by atoms with van der Waals surface area (Å²) in [5, 5.41) is 9.64. The second-order valence-corrected chi connectivity index (χ2v) is 7.82. The Morgan fingerprint density at radius 1 is 1.14 bits per heavy atom. The van der Waals surface area contributed by atoms with Gasteiger partial charge < -0.3 is 14.7 Å². The Labute approximate surface area is 170 Å². The van der Waals surface area contributed by atoms with Crippen LogP contribution in [0.4, 0.5) is 4.39 Å². The lowest BCUT2D eigenvalue weighted by Crippen LogP contribution is -2.49. The first-order valence-electron chi connectivity index (χ1n) is 10.3. The van der Waals surface area contributed by atoms with Crippen molar-refractivity contribution >= 4 is 5.91 Å². The second kappa shape index (κ2) is 8.93. The number of aliphatic hydroxyl groups excluding tert-OH is 1. The molecule has 1 fully saturated rings. The quantitative estimate of drug-likeness (QED) is 0.860. The Morgan fingerprint density at radius 2 is 1.93 bits per heavy atom.